The molecule has 0 amide bonds. The summed E-state index contributed by atoms with van der Waals surface area (Å²) < 4.78 is 11.5. The van der Waals surface area contributed by atoms with Crippen LogP contribution < -0.4 is 5.43 Å². The van der Waals surface area contributed by atoms with Crippen LogP contribution in [-0.4, -0.2) is 11.9 Å². The van der Waals surface area contributed by atoms with Gasteiger partial charge in [0.2, 0.25) is 5.90 Å². The van der Waals surface area contributed by atoms with Gasteiger partial charge in [0.1, 0.15) is 11.8 Å². The number of carbonyl (C=O) groups is 1. The number of esters is 1. The van der Waals surface area contributed by atoms with Crippen LogP contribution in [0.15, 0.2) is 79.2 Å². The van der Waals surface area contributed by atoms with E-state index in [1.807, 2.05) is 12.1 Å². The van der Waals surface area contributed by atoms with E-state index in [0.29, 0.717) is 16.5 Å². The molecule has 2 heterocycles. The highest BCUT2D eigenvalue weighted by Crippen LogP contribution is 2.20. The summed E-state index contributed by atoms with van der Waals surface area (Å²) in [5, 5.41) is 0.445. The average Bonchev–Trinajstić information content (AvgIpc) is 2.99. The third-order valence-corrected chi connectivity index (χ3v) is 4.24. The van der Waals surface area contributed by atoms with Gasteiger partial charge in [-0.25, -0.2) is 9.79 Å². The Bertz CT molecular complexity index is 1110. The van der Waals surface area contributed by atoms with Gasteiger partial charge in [-0.05, 0) is 42.5 Å². The lowest BCUT2D eigenvalue weighted by Gasteiger charge is -1.98. The lowest BCUT2D eigenvalue weighted by molar-refractivity contribution is -0.129. The number of halogens is 1. The van der Waals surface area contributed by atoms with Crippen LogP contribution >= 0.6 is 15.9 Å². The third kappa shape index (κ3) is 2.92. The fraction of sp³-hybridized carbons (Fsp3) is 0. The molecule has 3 aromatic rings. The molecule has 0 saturated carbocycles. The van der Waals surface area contributed by atoms with Crippen molar-refractivity contribution in [3.05, 3.63) is 86.3 Å². The first-order valence-electron chi connectivity index (χ1n) is 7.41. The number of hydrogen-bond acceptors (Lipinski definition) is 5. The fourth-order valence-corrected chi connectivity index (χ4v) is 2.73. The van der Waals surface area contributed by atoms with Crippen molar-refractivity contribution < 1.29 is 13.9 Å². The van der Waals surface area contributed by atoms with Gasteiger partial charge in [0.25, 0.3) is 0 Å². The van der Waals surface area contributed by atoms with Gasteiger partial charge in [0.15, 0.2) is 11.1 Å². The lowest BCUT2D eigenvalue weighted by Crippen LogP contribution is -2.07. The normalized spacial score (nSPS) is 15.5. The molecule has 0 saturated heterocycles. The van der Waals surface area contributed by atoms with Gasteiger partial charge in [-0.2, -0.15) is 0 Å². The molecule has 6 heteroatoms. The first-order chi connectivity index (χ1) is 12.1. The van der Waals surface area contributed by atoms with Crippen LogP contribution in [0.1, 0.15) is 11.1 Å². The summed E-state index contributed by atoms with van der Waals surface area (Å²) in [6.45, 7) is 0. The fourth-order valence-electron chi connectivity index (χ4n) is 2.46. The average molecular weight is 396 g/mol. The molecule has 5 nitrogen and oxygen atoms in total. The van der Waals surface area contributed by atoms with Crippen molar-refractivity contribution in [3.63, 3.8) is 0 Å². The Balaban J connectivity index is 1.76. The minimum Gasteiger partial charge on any atom is -0.463 e. The van der Waals surface area contributed by atoms with Gasteiger partial charge in [0, 0.05) is 10.0 Å². The maximum Gasteiger partial charge on any atom is 0.363 e. The zero-order valence-electron chi connectivity index (χ0n) is 12.7. The number of nitrogens with zero attached hydrogens (tertiary/aromatic N) is 1. The van der Waals surface area contributed by atoms with E-state index in [-0.39, 0.29) is 22.6 Å². The van der Waals surface area contributed by atoms with E-state index < -0.39 is 5.97 Å². The summed E-state index contributed by atoms with van der Waals surface area (Å²) in [6, 6.07) is 14.1. The predicted molar refractivity (Wildman–Crippen MR) is 97.2 cm³/mol. The molecule has 25 heavy (non-hydrogen) atoms. The molecule has 1 aliphatic heterocycles. The molecular weight excluding hydrogens is 386 g/mol. The summed E-state index contributed by atoms with van der Waals surface area (Å²) in [5.41, 5.74) is 1.23. The highest BCUT2D eigenvalue weighted by atomic mass is 79.9. The molecule has 0 unspecified atom stereocenters. The van der Waals surface area contributed by atoms with Crippen LogP contribution in [0.2, 0.25) is 0 Å². The summed E-state index contributed by atoms with van der Waals surface area (Å²) >= 11 is 3.35. The molecule has 0 N–H and O–H groups in total. The molecule has 1 aliphatic rings. The minimum atomic E-state index is -0.606. The molecule has 122 valence electrons. The zero-order chi connectivity index (χ0) is 17.4. The molecule has 0 fully saturated rings. The van der Waals surface area contributed by atoms with E-state index in [1.54, 1.807) is 36.4 Å². The first-order valence-corrected chi connectivity index (χ1v) is 8.20. The molecule has 0 radical (unpaired) electrons. The second-order valence-corrected chi connectivity index (χ2v) is 6.27. The van der Waals surface area contributed by atoms with Crippen LogP contribution in [0, 0.1) is 0 Å². The summed E-state index contributed by atoms with van der Waals surface area (Å²) in [5.74, 6) is -0.403. The quantitative estimate of drug-likeness (QED) is 0.487. The van der Waals surface area contributed by atoms with Crippen LogP contribution in [0.3, 0.4) is 0 Å². The Kier molecular flexibility index (Phi) is 3.82. The van der Waals surface area contributed by atoms with Gasteiger partial charge in [-0.1, -0.05) is 28.1 Å². The molecule has 0 spiro atoms. The number of aliphatic imine (C=N–C) groups is 1. The van der Waals surface area contributed by atoms with Crippen molar-refractivity contribution in [1.82, 2.24) is 0 Å². The van der Waals surface area contributed by atoms with Gasteiger partial charge in [0.05, 0.1) is 10.9 Å². The topological polar surface area (TPSA) is 68.9 Å². The Morgan fingerprint density at radius 1 is 1.00 bits per heavy atom. The standard InChI is InChI=1S/C19H10BrNO4/c20-13-7-5-11(6-8-13)18-21-15(19(23)25-18)9-12-10-24-16-4-2-1-3-14(16)17(12)22/h1-10H/b15-9-. The number of cyclic esters (lactones) is 1. The van der Waals surface area contributed by atoms with E-state index in [1.165, 1.54) is 12.3 Å². The molecule has 0 atom stereocenters. The lowest BCUT2D eigenvalue weighted by atomic mass is 10.1. The van der Waals surface area contributed by atoms with Gasteiger partial charge < -0.3 is 9.15 Å². The predicted octanol–water partition coefficient (Wildman–Crippen LogP) is 3.90. The molecule has 4 rings (SSSR count). The Hall–Kier alpha value is -2.99. The monoisotopic (exact) mass is 395 g/mol. The summed E-state index contributed by atoms with van der Waals surface area (Å²) in [6.07, 6.45) is 2.70. The summed E-state index contributed by atoms with van der Waals surface area (Å²) in [7, 11) is 0. The van der Waals surface area contributed by atoms with Crippen LogP contribution in [0.5, 0.6) is 0 Å². The number of fused-ring (bicyclic) bond motifs is 1. The molecule has 2 aromatic carbocycles. The number of ether oxygens (including phenoxy) is 1. The molecule has 0 aliphatic carbocycles. The van der Waals surface area contributed by atoms with E-state index in [2.05, 4.69) is 20.9 Å². The number of rotatable bonds is 2. The van der Waals surface area contributed by atoms with E-state index in [9.17, 15) is 9.59 Å². The third-order valence-electron chi connectivity index (χ3n) is 3.71. The number of hydrogen-bond donors (Lipinski definition) is 0. The summed E-state index contributed by atoms with van der Waals surface area (Å²) in [4.78, 5) is 28.8. The van der Waals surface area contributed by atoms with Gasteiger partial charge in [-0.15, -0.1) is 0 Å². The SMILES string of the molecule is O=C1OC(c2ccc(Br)cc2)=N/C1=C\c1coc2ccccc2c1=O. The van der Waals surface area contributed by atoms with Crippen molar-refractivity contribution in [2.45, 2.75) is 0 Å². The molecule has 1 aromatic heterocycles. The smallest absolute Gasteiger partial charge is 0.363 e. The van der Waals surface area contributed by atoms with Crippen molar-refractivity contribution in [3.8, 4) is 0 Å². The number of carbonyl (C=O) groups excluding carboxylic acids is 1. The minimum absolute atomic E-state index is 0.0560. The van der Waals surface area contributed by atoms with Crippen LogP contribution in [-0.2, 0) is 9.53 Å². The Labute approximate surface area is 150 Å². The van der Waals surface area contributed by atoms with Gasteiger partial charge in [-0.3, -0.25) is 4.79 Å². The van der Waals surface area contributed by atoms with Crippen molar-refractivity contribution in [2.24, 2.45) is 4.99 Å². The largest absolute Gasteiger partial charge is 0.463 e. The van der Waals surface area contributed by atoms with Crippen LogP contribution in [0.4, 0.5) is 0 Å². The second-order valence-electron chi connectivity index (χ2n) is 5.36. The Morgan fingerprint density at radius 3 is 2.56 bits per heavy atom. The van der Waals surface area contributed by atoms with E-state index in [4.69, 9.17) is 9.15 Å². The van der Waals surface area contributed by atoms with E-state index in [0.717, 1.165) is 4.47 Å². The number of benzene rings is 2. The highest BCUT2D eigenvalue weighted by molar-refractivity contribution is 9.10. The maximum atomic E-state index is 12.5. The number of para-hydroxylation sites is 1. The molecular formula is C19H10BrNO4. The van der Waals surface area contributed by atoms with Gasteiger partial charge >= 0.3 is 5.97 Å². The van der Waals surface area contributed by atoms with Crippen LogP contribution in [0.25, 0.3) is 17.0 Å². The van der Waals surface area contributed by atoms with Crippen molar-refractivity contribution in [1.29, 1.82) is 0 Å². The van der Waals surface area contributed by atoms with Crippen molar-refractivity contribution in [2.75, 3.05) is 0 Å². The molecule has 0 bridgehead atoms. The Morgan fingerprint density at radius 2 is 1.76 bits per heavy atom. The van der Waals surface area contributed by atoms with Crippen molar-refractivity contribution >= 4 is 44.8 Å². The zero-order valence-corrected chi connectivity index (χ0v) is 14.3. The second kappa shape index (κ2) is 6.14. The maximum absolute atomic E-state index is 12.5. The first kappa shape index (κ1) is 15.5. The highest BCUT2D eigenvalue weighted by Gasteiger charge is 2.24. The van der Waals surface area contributed by atoms with E-state index >= 15 is 0 Å².